The maximum Gasteiger partial charge on any atom is 0.264 e. The molecule has 1 N–H and O–H groups in total. The molecule has 20 heavy (non-hydrogen) atoms. The highest BCUT2D eigenvalue weighted by atomic mass is 35.7. The minimum Gasteiger partial charge on any atom is -0.352 e. The average molecular weight is 340 g/mol. The van der Waals surface area contributed by atoms with Crippen molar-refractivity contribution in [2.24, 2.45) is 5.92 Å². The Kier molecular flexibility index (Phi) is 4.56. The molecule has 1 saturated carbocycles. The number of carbonyl (C=O) groups is 1. The van der Waals surface area contributed by atoms with Crippen molar-refractivity contribution in [1.29, 1.82) is 0 Å². The van der Waals surface area contributed by atoms with Gasteiger partial charge in [0.2, 0.25) is 0 Å². The Balaban J connectivity index is 2.21. The van der Waals surface area contributed by atoms with Crippen LogP contribution in [0.3, 0.4) is 0 Å². The van der Waals surface area contributed by atoms with Gasteiger partial charge in [0.25, 0.3) is 15.0 Å². The van der Waals surface area contributed by atoms with Gasteiger partial charge in [-0.1, -0.05) is 24.4 Å². The second-order valence-corrected chi connectivity index (χ2v) is 7.66. The van der Waals surface area contributed by atoms with Crippen molar-refractivity contribution in [3.8, 4) is 0 Å². The second kappa shape index (κ2) is 5.87. The minimum atomic E-state index is -4.30. The van der Waals surface area contributed by atoms with E-state index >= 15 is 0 Å². The van der Waals surface area contributed by atoms with Crippen molar-refractivity contribution >= 4 is 37.2 Å². The predicted molar refractivity (Wildman–Crippen MR) is 74.1 cm³/mol. The van der Waals surface area contributed by atoms with Crippen molar-refractivity contribution in [2.75, 3.05) is 6.54 Å². The molecule has 1 aromatic carbocycles. The van der Waals surface area contributed by atoms with E-state index in [4.69, 9.17) is 22.3 Å². The van der Waals surface area contributed by atoms with Gasteiger partial charge in [0.1, 0.15) is 4.90 Å². The number of benzene rings is 1. The highest BCUT2D eigenvalue weighted by Gasteiger charge is 2.24. The number of carbonyl (C=O) groups excluding carboxylic acids is 1. The summed E-state index contributed by atoms with van der Waals surface area (Å²) in [7, 11) is 0.805. The van der Waals surface area contributed by atoms with Crippen molar-refractivity contribution in [2.45, 2.75) is 24.2 Å². The topological polar surface area (TPSA) is 63.2 Å². The summed E-state index contributed by atoms with van der Waals surface area (Å²) in [5, 5.41) is 2.47. The molecule has 4 nitrogen and oxygen atoms in total. The molecule has 1 amide bonds. The van der Waals surface area contributed by atoms with Crippen LogP contribution < -0.4 is 5.32 Å². The van der Waals surface area contributed by atoms with Gasteiger partial charge in [-0.2, -0.15) is 0 Å². The molecule has 0 spiro atoms. The number of rotatable bonds is 5. The zero-order valence-electron chi connectivity index (χ0n) is 10.3. The molecular formula is C12H12Cl2FNO3S. The lowest BCUT2D eigenvalue weighted by Gasteiger charge is -2.08. The molecule has 0 aromatic heterocycles. The van der Waals surface area contributed by atoms with Crippen LogP contribution in [0.4, 0.5) is 4.39 Å². The molecule has 0 radical (unpaired) electrons. The molecule has 0 bridgehead atoms. The third kappa shape index (κ3) is 3.84. The van der Waals surface area contributed by atoms with E-state index in [1.54, 1.807) is 0 Å². The average Bonchev–Trinajstić information content (AvgIpc) is 3.14. The van der Waals surface area contributed by atoms with E-state index in [9.17, 15) is 17.6 Å². The van der Waals surface area contributed by atoms with Gasteiger partial charge in [0.15, 0.2) is 5.82 Å². The molecule has 0 heterocycles. The summed E-state index contributed by atoms with van der Waals surface area (Å²) in [6.45, 7) is 0.415. The van der Waals surface area contributed by atoms with Crippen molar-refractivity contribution in [3.63, 3.8) is 0 Å². The van der Waals surface area contributed by atoms with E-state index in [0.717, 1.165) is 31.4 Å². The first-order valence-corrected chi connectivity index (χ1v) is 8.69. The summed E-state index contributed by atoms with van der Waals surface area (Å²) in [6.07, 6.45) is 3.13. The van der Waals surface area contributed by atoms with Gasteiger partial charge in [-0.15, -0.1) is 0 Å². The molecule has 1 aliphatic carbocycles. The van der Waals surface area contributed by atoms with Crippen LogP contribution in [0, 0.1) is 11.7 Å². The van der Waals surface area contributed by atoms with Crippen molar-refractivity contribution < 1.29 is 17.6 Å². The maximum atomic E-state index is 14.0. The Hall–Kier alpha value is -0.850. The zero-order chi connectivity index (χ0) is 14.9. The fourth-order valence-corrected chi connectivity index (χ4v) is 3.01. The van der Waals surface area contributed by atoms with Gasteiger partial charge in [-0.3, -0.25) is 4.79 Å². The third-order valence-electron chi connectivity index (χ3n) is 3.05. The summed E-state index contributed by atoms with van der Waals surface area (Å²) < 4.78 is 36.5. The molecule has 8 heteroatoms. The first-order chi connectivity index (χ1) is 9.29. The number of hydrogen-bond donors (Lipinski definition) is 1. The van der Waals surface area contributed by atoms with E-state index in [2.05, 4.69) is 5.32 Å². The monoisotopic (exact) mass is 339 g/mol. The predicted octanol–water partition coefficient (Wildman–Crippen LogP) is 2.94. The summed E-state index contributed by atoms with van der Waals surface area (Å²) in [6, 6.07) is 1.95. The van der Waals surface area contributed by atoms with Crippen molar-refractivity contribution in [3.05, 3.63) is 28.5 Å². The largest absolute Gasteiger partial charge is 0.352 e. The molecule has 110 valence electrons. The lowest BCUT2D eigenvalue weighted by molar-refractivity contribution is 0.0948. The lowest BCUT2D eigenvalue weighted by atomic mass is 10.2. The van der Waals surface area contributed by atoms with E-state index in [0.29, 0.717) is 12.5 Å². The molecule has 0 aliphatic heterocycles. The highest BCUT2D eigenvalue weighted by Crippen LogP contribution is 2.31. The Morgan fingerprint density at radius 1 is 1.40 bits per heavy atom. The van der Waals surface area contributed by atoms with Gasteiger partial charge in [0.05, 0.1) is 5.56 Å². The van der Waals surface area contributed by atoms with Crippen molar-refractivity contribution in [1.82, 2.24) is 5.32 Å². The summed E-state index contributed by atoms with van der Waals surface area (Å²) in [4.78, 5) is 11.1. The quantitative estimate of drug-likeness (QED) is 0.839. The standard InChI is InChI=1S/C12H12Cl2FNO3S/c13-8-5-9(11(15)10(6-8)20(14,18)19)12(17)16-4-3-7-1-2-7/h5-7H,1-4H2,(H,16,17). The van der Waals surface area contributed by atoms with Crippen LogP contribution in [-0.4, -0.2) is 20.9 Å². The molecule has 1 fully saturated rings. The highest BCUT2D eigenvalue weighted by molar-refractivity contribution is 8.13. The first-order valence-electron chi connectivity index (χ1n) is 6.01. The Labute approximate surface area is 125 Å². The van der Waals surface area contributed by atoms with Crippen LogP contribution in [-0.2, 0) is 9.05 Å². The fraction of sp³-hybridized carbons (Fsp3) is 0.417. The zero-order valence-corrected chi connectivity index (χ0v) is 12.7. The number of hydrogen-bond acceptors (Lipinski definition) is 3. The van der Waals surface area contributed by atoms with Gasteiger partial charge in [0, 0.05) is 22.2 Å². The minimum absolute atomic E-state index is 0.0713. The lowest BCUT2D eigenvalue weighted by Crippen LogP contribution is -2.26. The van der Waals surface area contributed by atoms with Gasteiger partial charge >= 0.3 is 0 Å². The maximum absolute atomic E-state index is 14.0. The smallest absolute Gasteiger partial charge is 0.264 e. The number of nitrogens with one attached hydrogen (secondary N) is 1. The Morgan fingerprint density at radius 3 is 2.60 bits per heavy atom. The number of amides is 1. The summed E-state index contributed by atoms with van der Waals surface area (Å²) >= 11 is 5.70. The molecule has 2 rings (SSSR count). The molecule has 1 aliphatic rings. The third-order valence-corrected chi connectivity index (χ3v) is 4.59. The van der Waals surface area contributed by atoms with Gasteiger partial charge in [-0.05, 0) is 24.5 Å². The van der Waals surface area contributed by atoms with Crippen LogP contribution >= 0.6 is 22.3 Å². The first kappa shape index (κ1) is 15.5. The van der Waals surface area contributed by atoms with E-state index in [-0.39, 0.29) is 5.02 Å². The van der Waals surface area contributed by atoms with E-state index < -0.39 is 31.2 Å². The Morgan fingerprint density at radius 2 is 2.05 bits per heavy atom. The van der Waals surface area contributed by atoms with Crippen LogP contribution in [0.2, 0.25) is 5.02 Å². The van der Waals surface area contributed by atoms with E-state index in [1.165, 1.54) is 0 Å². The number of halogens is 3. The summed E-state index contributed by atoms with van der Waals surface area (Å²) in [5.74, 6) is -1.26. The Bertz CT molecular complexity index is 644. The molecule has 1 aromatic rings. The van der Waals surface area contributed by atoms with Crippen LogP contribution in [0.1, 0.15) is 29.6 Å². The molecule has 0 unspecified atom stereocenters. The molecule has 0 atom stereocenters. The van der Waals surface area contributed by atoms with Gasteiger partial charge in [-0.25, -0.2) is 12.8 Å². The summed E-state index contributed by atoms with van der Waals surface area (Å²) in [5.41, 5.74) is -0.424. The van der Waals surface area contributed by atoms with Crippen LogP contribution in [0.15, 0.2) is 17.0 Å². The SMILES string of the molecule is O=C(NCCC1CC1)c1cc(Cl)cc(S(=O)(=O)Cl)c1F. The second-order valence-electron chi connectivity index (χ2n) is 4.69. The normalized spacial score (nSPS) is 15.2. The van der Waals surface area contributed by atoms with E-state index in [1.807, 2.05) is 0 Å². The van der Waals surface area contributed by atoms with Crippen LogP contribution in [0.5, 0.6) is 0 Å². The van der Waals surface area contributed by atoms with Crippen LogP contribution in [0.25, 0.3) is 0 Å². The van der Waals surface area contributed by atoms with Gasteiger partial charge < -0.3 is 5.32 Å². The molecular weight excluding hydrogens is 328 g/mol. The molecule has 0 saturated heterocycles. The fourth-order valence-electron chi connectivity index (χ4n) is 1.80.